The lowest BCUT2D eigenvalue weighted by atomic mass is 10.3. The Balaban J connectivity index is 2.55. The minimum absolute atomic E-state index is 0.0290. The van der Waals surface area contributed by atoms with Crippen molar-refractivity contribution < 1.29 is 8.81 Å². The van der Waals surface area contributed by atoms with Gasteiger partial charge in [0.1, 0.15) is 6.26 Å². The molecule has 0 aliphatic rings. The van der Waals surface area contributed by atoms with Crippen LogP contribution in [-0.4, -0.2) is 9.97 Å². The van der Waals surface area contributed by atoms with E-state index >= 15 is 0 Å². The van der Waals surface area contributed by atoms with E-state index in [1.54, 1.807) is 13.0 Å². The van der Waals surface area contributed by atoms with Crippen molar-refractivity contribution in [3.63, 3.8) is 0 Å². The number of aryl methyl sites for hydroxylation is 1. The number of hydrogen-bond donors (Lipinski definition) is 2. The Bertz CT molecular complexity index is 469. The van der Waals surface area contributed by atoms with Crippen LogP contribution in [0.5, 0.6) is 0 Å². The predicted octanol–water partition coefficient (Wildman–Crippen LogP) is 1.47. The molecule has 0 fully saturated rings. The molecular weight excluding hydrogens is 199 g/mol. The van der Waals surface area contributed by atoms with E-state index in [1.807, 2.05) is 0 Å². The van der Waals surface area contributed by atoms with Crippen LogP contribution in [0.1, 0.15) is 5.69 Å². The second kappa shape index (κ2) is 3.66. The van der Waals surface area contributed by atoms with E-state index in [0.29, 0.717) is 11.4 Å². The molecule has 0 spiro atoms. The van der Waals surface area contributed by atoms with Gasteiger partial charge in [0.05, 0.1) is 17.5 Å². The minimum atomic E-state index is -0.551. The van der Waals surface area contributed by atoms with E-state index in [2.05, 4.69) is 15.4 Å². The van der Waals surface area contributed by atoms with Gasteiger partial charge in [0.25, 0.3) is 0 Å². The second-order valence-electron chi connectivity index (χ2n) is 2.95. The molecule has 3 N–H and O–H groups in total. The molecule has 0 saturated carbocycles. The number of furan rings is 1. The van der Waals surface area contributed by atoms with Gasteiger partial charge in [0, 0.05) is 0 Å². The van der Waals surface area contributed by atoms with E-state index in [4.69, 9.17) is 10.3 Å². The quantitative estimate of drug-likeness (QED) is 0.577. The number of nitrogen functional groups attached to an aromatic ring is 1. The highest BCUT2D eigenvalue weighted by molar-refractivity contribution is 5.56. The Morgan fingerprint density at radius 1 is 1.47 bits per heavy atom. The summed E-state index contributed by atoms with van der Waals surface area (Å²) in [4.78, 5) is 7.89. The molecule has 0 aliphatic carbocycles. The first-order valence-electron chi connectivity index (χ1n) is 4.25. The molecule has 0 saturated heterocycles. The molecule has 0 bridgehead atoms. The lowest BCUT2D eigenvalue weighted by molar-refractivity contribution is 0.567. The number of nitrogens with zero attached hydrogens (tertiary/aromatic N) is 2. The summed E-state index contributed by atoms with van der Waals surface area (Å²) in [5, 5.41) is 0. The number of hydrazine groups is 1. The zero-order valence-corrected chi connectivity index (χ0v) is 7.99. The molecular formula is C9H9FN4O. The molecule has 0 aromatic carbocycles. The zero-order chi connectivity index (χ0) is 10.8. The number of rotatable bonds is 2. The Labute approximate surface area is 85.1 Å². The van der Waals surface area contributed by atoms with Crippen molar-refractivity contribution in [1.82, 2.24) is 9.97 Å². The summed E-state index contributed by atoms with van der Waals surface area (Å²) in [5.41, 5.74) is 3.09. The lowest BCUT2D eigenvalue weighted by Gasteiger charge is -2.05. The molecule has 0 atom stereocenters. The molecule has 2 aromatic heterocycles. The number of nitrogens with two attached hydrogens (primary N) is 1. The molecule has 15 heavy (non-hydrogen) atoms. The number of aromatic nitrogens is 2. The van der Waals surface area contributed by atoms with Gasteiger partial charge in [-0.3, -0.25) is 0 Å². The van der Waals surface area contributed by atoms with Crippen LogP contribution in [0.4, 0.5) is 10.2 Å². The Hall–Kier alpha value is -1.95. The van der Waals surface area contributed by atoms with Crippen molar-refractivity contribution in [2.24, 2.45) is 5.84 Å². The highest BCUT2D eigenvalue weighted by Gasteiger charge is 2.12. The monoisotopic (exact) mass is 208 g/mol. The minimum Gasteiger partial charge on any atom is -0.472 e. The fourth-order valence-corrected chi connectivity index (χ4v) is 1.18. The summed E-state index contributed by atoms with van der Waals surface area (Å²) in [6.45, 7) is 1.54. The van der Waals surface area contributed by atoms with E-state index in [9.17, 15) is 4.39 Å². The molecule has 2 rings (SSSR count). The first-order valence-corrected chi connectivity index (χ1v) is 4.25. The van der Waals surface area contributed by atoms with Gasteiger partial charge in [0.2, 0.25) is 0 Å². The van der Waals surface area contributed by atoms with Crippen LogP contribution in [0, 0.1) is 12.7 Å². The number of hydrogen-bond acceptors (Lipinski definition) is 5. The maximum Gasteiger partial charge on any atom is 0.187 e. The third kappa shape index (κ3) is 1.66. The van der Waals surface area contributed by atoms with Crippen molar-refractivity contribution in [3.05, 3.63) is 30.1 Å². The second-order valence-corrected chi connectivity index (χ2v) is 2.95. The third-order valence-corrected chi connectivity index (χ3v) is 1.93. The first-order chi connectivity index (χ1) is 7.22. The summed E-state index contributed by atoms with van der Waals surface area (Å²) < 4.78 is 18.2. The summed E-state index contributed by atoms with van der Waals surface area (Å²) in [7, 11) is 0. The van der Waals surface area contributed by atoms with Gasteiger partial charge in [-0.2, -0.15) is 0 Å². The molecule has 0 radical (unpaired) electrons. The average molecular weight is 208 g/mol. The fourth-order valence-electron chi connectivity index (χ4n) is 1.18. The van der Waals surface area contributed by atoms with Gasteiger partial charge in [-0.05, 0) is 13.0 Å². The van der Waals surface area contributed by atoms with Gasteiger partial charge < -0.3 is 9.84 Å². The maximum atomic E-state index is 13.3. The van der Waals surface area contributed by atoms with Crippen LogP contribution in [0.2, 0.25) is 0 Å². The maximum absolute atomic E-state index is 13.3. The summed E-state index contributed by atoms with van der Waals surface area (Å²) >= 11 is 0. The highest BCUT2D eigenvalue weighted by atomic mass is 19.1. The average Bonchev–Trinajstić information content (AvgIpc) is 2.75. The molecule has 2 aromatic rings. The van der Waals surface area contributed by atoms with E-state index in [1.165, 1.54) is 12.5 Å². The van der Waals surface area contributed by atoms with Crippen LogP contribution in [-0.2, 0) is 0 Å². The Kier molecular flexibility index (Phi) is 2.34. The van der Waals surface area contributed by atoms with Gasteiger partial charge in [-0.25, -0.2) is 20.2 Å². The number of nitrogens with one attached hydrogen (secondary N) is 1. The zero-order valence-electron chi connectivity index (χ0n) is 7.99. The third-order valence-electron chi connectivity index (χ3n) is 1.93. The summed E-state index contributed by atoms with van der Waals surface area (Å²) in [5.74, 6) is 4.93. The fraction of sp³-hybridized carbons (Fsp3) is 0.111. The Morgan fingerprint density at radius 3 is 2.87 bits per heavy atom. The molecule has 2 heterocycles. The SMILES string of the molecule is Cc1nc(-c2ccoc2)nc(NN)c1F. The Morgan fingerprint density at radius 2 is 2.27 bits per heavy atom. The van der Waals surface area contributed by atoms with Gasteiger partial charge in [-0.15, -0.1) is 0 Å². The van der Waals surface area contributed by atoms with Gasteiger partial charge in [0.15, 0.2) is 17.5 Å². The summed E-state index contributed by atoms with van der Waals surface area (Å²) in [6.07, 6.45) is 2.97. The number of anilines is 1. The molecule has 0 aliphatic heterocycles. The van der Waals surface area contributed by atoms with Gasteiger partial charge in [-0.1, -0.05) is 0 Å². The van der Waals surface area contributed by atoms with Gasteiger partial charge >= 0.3 is 0 Å². The molecule has 6 heteroatoms. The van der Waals surface area contributed by atoms with E-state index in [0.717, 1.165) is 0 Å². The smallest absolute Gasteiger partial charge is 0.187 e. The van der Waals surface area contributed by atoms with Crippen LogP contribution < -0.4 is 11.3 Å². The van der Waals surface area contributed by atoms with Crippen LogP contribution in [0.25, 0.3) is 11.4 Å². The van der Waals surface area contributed by atoms with Crippen molar-refractivity contribution in [2.75, 3.05) is 5.43 Å². The van der Waals surface area contributed by atoms with Crippen molar-refractivity contribution in [2.45, 2.75) is 6.92 Å². The lowest BCUT2D eigenvalue weighted by Crippen LogP contribution is -2.12. The topological polar surface area (TPSA) is 77.0 Å². The van der Waals surface area contributed by atoms with Crippen LogP contribution in [0.3, 0.4) is 0 Å². The normalized spacial score (nSPS) is 10.3. The number of halogens is 1. The highest BCUT2D eigenvalue weighted by Crippen LogP contribution is 2.20. The standard InChI is InChI=1S/C9H9FN4O/c1-5-7(10)9(14-11)13-8(12-5)6-2-3-15-4-6/h2-4H,11H2,1H3,(H,12,13,14). The largest absolute Gasteiger partial charge is 0.472 e. The van der Waals surface area contributed by atoms with Crippen LogP contribution >= 0.6 is 0 Å². The molecule has 5 nitrogen and oxygen atoms in total. The first kappa shape index (κ1) is 9.60. The predicted molar refractivity (Wildman–Crippen MR) is 52.2 cm³/mol. The van der Waals surface area contributed by atoms with Crippen molar-refractivity contribution in [3.8, 4) is 11.4 Å². The molecule has 0 amide bonds. The van der Waals surface area contributed by atoms with E-state index in [-0.39, 0.29) is 11.5 Å². The molecule has 0 unspecified atom stereocenters. The van der Waals surface area contributed by atoms with Crippen molar-refractivity contribution >= 4 is 5.82 Å². The van der Waals surface area contributed by atoms with E-state index < -0.39 is 5.82 Å². The summed E-state index contributed by atoms with van der Waals surface area (Å²) in [6, 6.07) is 1.69. The molecule has 78 valence electrons. The van der Waals surface area contributed by atoms with Crippen LogP contribution in [0.15, 0.2) is 23.0 Å². The van der Waals surface area contributed by atoms with Crippen molar-refractivity contribution in [1.29, 1.82) is 0 Å².